The molecule has 14 heavy (non-hydrogen) atoms. The Kier molecular flexibility index (Phi) is 2.20. The van der Waals surface area contributed by atoms with Gasteiger partial charge in [0.15, 0.2) is 11.5 Å². The van der Waals surface area contributed by atoms with Crippen molar-refractivity contribution in [2.24, 2.45) is 7.05 Å². The van der Waals surface area contributed by atoms with Crippen molar-refractivity contribution in [3.8, 4) is 0 Å². The highest BCUT2D eigenvalue weighted by Gasteiger charge is 2.18. The molecule has 2 aromatic rings. The van der Waals surface area contributed by atoms with Crippen molar-refractivity contribution >= 4 is 21.7 Å². The number of ketones is 1. The van der Waals surface area contributed by atoms with E-state index in [4.69, 9.17) is 4.42 Å². The van der Waals surface area contributed by atoms with Gasteiger partial charge in [-0.1, -0.05) is 0 Å². The van der Waals surface area contributed by atoms with Crippen LogP contribution in [0.4, 0.5) is 0 Å². The minimum Gasteiger partial charge on any atom is -0.460 e. The van der Waals surface area contributed by atoms with Gasteiger partial charge in [-0.05, 0) is 22.0 Å². The Morgan fingerprint density at radius 2 is 2.43 bits per heavy atom. The van der Waals surface area contributed by atoms with Crippen molar-refractivity contribution in [3.05, 3.63) is 34.5 Å². The van der Waals surface area contributed by atoms with Gasteiger partial charge in [-0.15, -0.1) is 5.10 Å². The van der Waals surface area contributed by atoms with Crippen molar-refractivity contribution in [2.45, 2.75) is 0 Å². The zero-order valence-corrected chi connectivity index (χ0v) is 8.85. The maximum Gasteiger partial charge on any atom is 0.251 e. The number of carbonyl (C=O) groups is 1. The highest BCUT2D eigenvalue weighted by molar-refractivity contribution is 9.10. The summed E-state index contributed by atoms with van der Waals surface area (Å²) in [5.41, 5.74) is 0.267. The standard InChI is InChI=1S/C8H6BrN3O2/c1-12-10-4-6(11-12)7(13)8-5(9)2-3-14-8/h2-4H,1H3. The summed E-state index contributed by atoms with van der Waals surface area (Å²) in [6, 6.07) is 1.66. The maximum atomic E-state index is 11.7. The van der Waals surface area contributed by atoms with Crippen LogP contribution in [0.25, 0.3) is 0 Å². The molecule has 0 aliphatic rings. The summed E-state index contributed by atoms with van der Waals surface area (Å²) < 4.78 is 5.63. The van der Waals surface area contributed by atoms with Crippen LogP contribution in [0.2, 0.25) is 0 Å². The average molecular weight is 256 g/mol. The zero-order valence-electron chi connectivity index (χ0n) is 7.27. The molecule has 0 aromatic carbocycles. The summed E-state index contributed by atoms with van der Waals surface area (Å²) in [6.07, 6.45) is 2.84. The number of halogens is 1. The number of aryl methyl sites for hydroxylation is 1. The zero-order chi connectivity index (χ0) is 10.1. The number of nitrogens with zero attached hydrogens (tertiary/aromatic N) is 3. The fraction of sp³-hybridized carbons (Fsp3) is 0.125. The van der Waals surface area contributed by atoms with Crippen LogP contribution in [0.1, 0.15) is 16.2 Å². The van der Waals surface area contributed by atoms with E-state index in [0.29, 0.717) is 4.47 Å². The smallest absolute Gasteiger partial charge is 0.251 e. The minimum absolute atomic E-state index is 0.241. The van der Waals surface area contributed by atoms with Crippen molar-refractivity contribution in [2.75, 3.05) is 0 Å². The number of hydrogen-bond acceptors (Lipinski definition) is 4. The lowest BCUT2D eigenvalue weighted by Crippen LogP contribution is -2.02. The van der Waals surface area contributed by atoms with E-state index in [1.165, 1.54) is 17.3 Å². The van der Waals surface area contributed by atoms with Crippen LogP contribution in [0.15, 0.2) is 27.4 Å². The van der Waals surface area contributed by atoms with Gasteiger partial charge in [0.25, 0.3) is 5.78 Å². The lowest BCUT2D eigenvalue weighted by Gasteiger charge is -1.91. The van der Waals surface area contributed by atoms with E-state index < -0.39 is 0 Å². The molecule has 0 bridgehead atoms. The van der Waals surface area contributed by atoms with Crippen molar-refractivity contribution in [1.29, 1.82) is 0 Å². The van der Waals surface area contributed by atoms with E-state index >= 15 is 0 Å². The molecule has 0 amide bonds. The van der Waals surface area contributed by atoms with E-state index in [9.17, 15) is 4.79 Å². The molecule has 72 valence electrons. The molecule has 0 N–H and O–H groups in total. The molecular weight excluding hydrogens is 250 g/mol. The lowest BCUT2D eigenvalue weighted by atomic mass is 10.2. The van der Waals surface area contributed by atoms with E-state index in [2.05, 4.69) is 26.1 Å². The van der Waals surface area contributed by atoms with E-state index in [1.807, 2.05) is 0 Å². The van der Waals surface area contributed by atoms with E-state index in [-0.39, 0.29) is 17.2 Å². The molecule has 2 aromatic heterocycles. The third-order valence-corrected chi connectivity index (χ3v) is 2.28. The second-order valence-corrected chi connectivity index (χ2v) is 3.50. The summed E-state index contributed by atoms with van der Waals surface area (Å²) in [7, 11) is 1.65. The van der Waals surface area contributed by atoms with Crippen LogP contribution >= 0.6 is 15.9 Å². The molecule has 0 aliphatic heterocycles. The molecule has 6 heteroatoms. The molecule has 0 fully saturated rings. The van der Waals surface area contributed by atoms with Crippen LogP contribution in [0.3, 0.4) is 0 Å². The molecule has 2 rings (SSSR count). The van der Waals surface area contributed by atoms with Crippen molar-refractivity contribution in [3.63, 3.8) is 0 Å². The third kappa shape index (κ3) is 1.48. The average Bonchev–Trinajstić information content (AvgIpc) is 2.73. The summed E-state index contributed by atoms with van der Waals surface area (Å²) >= 11 is 3.20. The first-order valence-corrected chi connectivity index (χ1v) is 4.62. The second-order valence-electron chi connectivity index (χ2n) is 2.65. The number of carbonyl (C=O) groups excluding carboxylic acids is 1. The van der Waals surface area contributed by atoms with Crippen LogP contribution in [0, 0.1) is 0 Å². The van der Waals surface area contributed by atoms with Gasteiger partial charge in [-0.3, -0.25) is 4.79 Å². The Hall–Kier alpha value is -1.43. The molecule has 0 saturated heterocycles. The normalized spacial score (nSPS) is 10.4. The first-order valence-electron chi connectivity index (χ1n) is 3.82. The Labute approximate surface area is 87.8 Å². The van der Waals surface area contributed by atoms with Gasteiger partial charge in [0.2, 0.25) is 0 Å². The molecule has 0 atom stereocenters. The maximum absolute atomic E-state index is 11.7. The number of aromatic nitrogens is 3. The molecule has 0 unspecified atom stereocenters. The summed E-state index contributed by atoms with van der Waals surface area (Å²) in [6.45, 7) is 0. The predicted molar refractivity (Wildman–Crippen MR) is 50.8 cm³/mol. The fourth-order valence-electron chi connectivity index (χ4n) is 1.02. The van der Waals surface area contributed by atoms with Crippen molar-refractivity contribution in [1.82, 2.24) is 15.0 Å². The molecular formula is C8H6BrN3O2. The number of furan rings is 1. The van der Waals surface area contributed by atoms with Crippen LogP contribution in [0.5, 0.6) is 0 Å². The molecule has 2 heterocycles. The molecule has 5 nitrogen and oxygen atoms in total. The second kappa shape index (κ2) is 3.38. The van der Waals surface area contributed by atoms with E-state index in [1.54, 1.807) is 13.1 Å². The van der Waals surface area contributed by atoms with Crippen LogP contribution in [-0.4, -0.2) is 20.8 Å². The fourth-order valence-corrected chi connectivity index (χ4v) is 1.40. The van der Waals surface area contributed by atoms with Gasteiger partial charge in [0, 0.05) is 7.05 Å². The van der Waals surface area contributed by atoms with Gasteiger partial charge in [-0.2, -0.15) is 9.90 Å². The van der Waals surface area contributed by atoms with Crippen LogP contribution < -0.4 is 0 Å². The third-order valence-electron chi connectivity index (χ3n) is 1.66. The largest absolute Gasteiger partial charge is 0.460 e. The van der Waals surface area contributed by atoms with Crippen LogP contribution in [-0.2, 0) is 7.05 Å². The van der Waals surface area contributed by atoms with Gasteiger partial charge < -0.3 is 4.42 Å². The first kappa shape index (κ1) is 9.14. The summed E-state index contributed by atoms with van der Waals surface area (Å²) in [5, 5.41) is 7.69. The predicted octanol–water partition coefficient (Wildman–Crippen LogP) is 1.40. The molecule has 0 saturated carbocycles. The SMILES string of the molecule is Cn1ncc(C(=O)c2occc2Br)n1. The Balaban J connectivity index is 2.38. The quantitative estimate of drug-likeness (QED) is 0.762. The topological polar surface area (TPSA) is 60.9 Å². The van der Waals surface area contributed by atoms with Crippen molar-refractivity contribution < 1.29 is 9.21 Å². The molecule has 0 radical (unpaired) electrons. The Morgan fingerprint density at radius 1 is 1.64 bits per heavy atom. The highest BCUT2D eigenvalue weighted by Crippen LogP contribution is 2.19. The van der Waals surface area contributed by atoms with Gasteiger partial charge >= 0.3 is 0 Å². The number of hydrogen-bond donors (Lipinski definition) is 0. The minimum atomic E-state index is -0.282. The number of rotatable bonds is 2. The summed E-state index contributed by atoms with van der Waals surface area (Å²) in [4.78, 5) is 13.0. The monoisotopic (exact) mass is 255 g/mol. The Morgan fingerprint density at radius 3 is 2.93 bits per heavy atom. The first-order chi connectivity index (χ1) is 6.68. The highest BCUT2D eigenvalue weighted by atomic mass is 79.9. The molecule has 0 aliphatic carbocycles. The Bertz CT molecular complexity index is 474. The lowest BCUT2D eigenvalue weighted by molar-refractivity contribution is 0.100. The van der Waals surface area contributed by atoms with Gasteiger partial charge in [-0.25, -0.2) is 0 Å². The van der Waals surface area contributed by atoms with E-state index in [0.717, 1.165) is 0 Å². The summed E-state index contributed by atoms with van der Waals surface area (Å²) in [5.74, 6) is -0.0412. The molecule has 0 spiro atoms. The van der Waals surface area contributed by atoms with Gasteiger partial charge in [0.1, 0.15) is 0 Å². The van der Waals surface area contributed by atoms with Gasteiger partial charge in [0.05, 0.1) is 16.9 Å².